The molecule has 0 aliphatic carbocycles. The number of benzene rings is 2. The van der Waals surface area contributed by atoms with Crippen molar-refractivity contribution in [2.24, 2.45) is 0 Å². The highest BCUT2D eigenvalue weighted by molar-refractivity contribution is 7.89. The first-order chi connectivity index (χ1) is 16.8. The van der Waals surface area contributed by atoms with Gasteiger partial charge in [-0.05, 0) is 30.3 Å². The Balaban J connectivity index is 1.37. The summed E-state index contributed by atoms with van der Waals surface area (Å²) < 4.78 is 38.3. The predicted octanol–water partition coefficient (Wildman–Crippen LogP) is 1.25. The average Bonchev–Trinajstić information content (AvgIpc) is 2.86. The fraction of sp³-hybridized carbons (Fsp3) is 0.273. The summed E-state index contributed by atoms with van der Waals surface area (Å²) in [6.45, 7) is -0.113. The maximum absolute atomic E-state index is 12.9. The number of fused-ring (bicyclic) bond motifs is 1. The van der Waals surface area contributed by atoms with E-state index in [1.165, 1.54) is 28.8 Å². The Morgan fingerprint density at radius 3 is 2.66 bits per heavy atom. The summed E-state index contributed by atoms with van der Waals surface area (Å²) in [6.07, 6.45) is 1.23. The van der Waals surface area contributed by atoms with Crippen molar-refractivity contribution in [3.63, 3.8) is 0 Å². The lowest BCUT2D eigenvalue weighted by atomic mass is 10.2. The van der Waals surface area contributed by atoms with Crippen LogP contribution >= 0.6 is 11.6 Å². The van der Waals surface area contributed by atoms with E-state index in [0.29, 0.717) is 10.9 Å². The van der Waals surface area contributed by atoms with Crippen LogP contribution in [-0.4, -0.2) is 67.1 Å². The number of ether oxygens (including phenoxy) is 2. The quantitative estimate of drug-likeness (QED) is 0.460. The third-order valence-corrected chi connectivity index (χ3v) is 7.58. The number of carbonyl (C=O) groups excluding carboxylic acids is 2. The van der Waals surface area contributed by atoms with Gasteiger partial charge in [-0.3, -0.25) is 19.0 Å². The first-order valence-corrected chi connectivity index (χ1v) is 12.3. The maximum atomic E-state index is 12.9. The molecule has 1 fully saturated rings. The topological polar surface area (TPSA) is 137 Å². The molecule has 2 aromatic carbocycles. The van der Waals surface area contributed by atoms with Gasteiger partial charge in [0, 0.05) is 18.8 Å². The molecule has 2 heterocycles. The van der Waals surface area contributed by atoms with Gasteiger partial charge in [0.1, 0.15) is 11.4 Å². The molecule has 4 rings (SSSR count). The second-order valence-corrected chi connectivity index (χ2v) is 9.88. The standard InChI is InChI=1S/C22H21ClN4O7S/c23-17-6-5-15(11-19(17)35(31,32)27-7-9-33-10-8-27)25-20(28)13-34-21(29)12-26-14-24-18-4-2-1-3-16(18)22(26)30/h1-6,11,14H,7-10,12-13H2,(H,25,28). The number of amides is 1. The number of hydrogen-bond acceptors (Lipinski definition) is 8. The smallest absolute Gasteiger partial charge is 0.326 e. The van der Waals surface area contributed by atoms with Gasteiger partial charge in [0.15, 0.2) is 6.61 Å². The van der Waals surface area contributed by atoms with E-state index in [9.17, 15) is 22.8 Å². The van der Waals surface area contributed by atoms with E-state index in [4.69, 9.17) is 21.1 Å². The summed E-state index contributed by atoms with van der Waals surface area (Å²) >= 11 is 6.11. The van der Waals surface area contributed by atoms with E-state index in [-0.39, 0.29) is 41.9 Å². The van der Waals surface area contributed by atoms with Gasteiger partial charge in [-0.2, -0.15) is 4.31 Å². The van der Waals surface area contributed by atoms with Gasteiger partial charge in [0.05, 0.1) is 35.5 Å². The molecule has 1 N–H and O–H groups in total. The van der Waals surface area contributed by atoms with Gasteiger partial charge in [-0.25, -0.2) is 13.4 Å². The molecular formula is C22H21ClN4O7S. The largest absolute Gasteiger partial charge is 0.454 e. The van der Waals surface area contributed by atoms with Crippen molar-refractivity contribution >= 4 is 50.1 Å². The number of morpholine rings is 1. The van der Waals surface area contributed by atoms with Crippen LogP contribution in [0.1, 0.15) is 0 Å². The molecule has 3 aromatic rings. The molecule has 1 aliphatic rings. The second kappa shape index (κ2) is 10.5. The maximum Gasteiger partial charge on any atom is 0.326 e. The van der Waals surface area contributed by atoms with E-state index in [0.717, 1.165) is 4.57 Å². The van der Waals surface area contributed by atoms with Crippen LogP contribution in [0.3, 0.4) is 0 Å². The number of nitrogens with one attached hydrogen (secondary N) is 1. The van der Waals surface area contributed by atoms with Crippen LogP contribution in [0.2, 0.25) is 5.02 Å². The number of nitrogens with zero attached hydrogens (tertiary/aromatic N) is 3. The lowest BCUT2D eigenvalue weighted by Crippen LogP contribution is -2.40. The summed E-state index contributed by atoms with van der Waals surface area (Å²) in [5.74, 6) is -1.51. The molecule has 1 amide bonds. The molecule has 1 aliphatic heterocycles. The molecule has 35 heavy (non-hydrogen) atoms. The Labute approximate surface area is 205 Å². The number of carbonyl (C=O) groups is 2. The summed E-state index contributed by atoms with van der Waals surface area (Å²) in [5.41, 5.74) is 0.254. The molecule has 0 radical (unpaired) electrons. The first-order valence-electron chi connectivity index (χ1n) is 10.5. The average molecular weight is 521 g/mol. The number of halogens is 1. The van der Waals surface area contributed by atoms with Gasteiger partial charge in [0.25, 0.3) is 11.5 Å². The number of para-hydroxylation sites is 1. The number of esters is 1. The predicted molar refractivity (Wildman–Crippen MR) is 127 cm³/mol. The highest BCUT2D eigenvalue weighted by Gasteiger charge is 2.28. The highest BCUT2D eigenvalue weighted by Crippen LogP contribution is 2.28. The zero-order valence-corrected chi connectivity index (χ0v) is 19.9. The SMILES string of the molecule is O=C(COC(=O)Cn1cnc2ccccc2c1=O)Nc1ccc(Cl)c(S(=O)(=O)N2CCOCC2)c1. The molecule has 0 bridgehead atoms. The molecule has 11 nitrogen and oxygen atoms in total. The molecular weight excluding hydrogens is 500 g/mol. The van der Waals surface area contributed by atoms with Gasteiger partial charge in [-0.15, -0.1) is 0 Å². The van der Waals surface area contributed by atoms with Crippen molar-refractivity contribution in [1.29, 1.82) is 0 Å². The lowest BCUT2D eigenvalue weighted by molar-refractivity contribution is -0.147. The minimum atomic E-state index is -3.88. The minimum Gasteiger partial charge on any atom is -0.454 e. The first kappa shape index (κ1) is 24.8. The molecule has 0 unspecified atom stereocenters. The van der Waals surface area contributed by atoms with Gasteiger partial charge >= 0.3 is 5.97 Å². The van der Waals surface area contributed by atoms with Crippen LogP contribution in [0.5, 0.6) is 0 Å². The monoisotopic (exact) mass is 520 g/mol. The van der Waals surface area contributed by atoms with Gasteiger partial charge < -0.3 is 14.8 Å². The van der Waals surface area contributed by atoms with Crippen LogP contribution < -0.4 is 10.9 Å². The third kappa shape index (κ3) is 5.68. The molecule has 13 heteroatoms. The Kier molecular flexibility index (Phi) is 7.45. The van der Waals surface area contributed by atoms with Crippen LogP contribution in [0, 0.1) is 0 Å². The Morgan fingerprint density at radius 2 is 1.89 bits per heavy atom. The van der Waals surface area contributed by atoms with Crippen molar-refractivity contribution in [2.75, 3.05) is 38.2 Å². The fourth-order valence-corrected chi connectivity index (χ4v) is 5.36. The zero-order valence-electron chi connectivity index (χ0n) is 18.3. The second-order valence-electron chi connectivity index (χ2n) is 7.57. The van der Waals surface area contributed by atoms with Crippen LogP contribution in [-0.2, 0) is 35.6 Å². The third-order valence-electron chi connectivity index (χ3n) is 5.20. The minimum absolute atomic E-state index is 0.00959. The Morgan fingerprint density at radius 1 is 1.14 bits per heavy atom. The fourth-order valence-electron chi connectivity index (χ4n) is 3.45. The van der Waals surface area contributed by atoms with Crippen molar-refractivity contribution in [2.45, 2.75) is 11.4 Å². The molecule has 0 spiro atoms. The van der Waals surface area contributed by atoms with Crippen LogP contribution in [0.15, 0.2) is 58.5 Å². The number of anilines is 1. The lowest BCUT2D eigenvalue weighted by Gasteiger charge is -2.26. The number of hydrogen-bond donors (Lipinski definition) is 1. The molecule has 0 saturated carbocycles. The normalized spacial score (nSPS) is 14.5. The van der Waals surface area contributed by atoms with E-state index in [1.54, 1.807) is 24.3 Å². The van der Waals surface area contributed by atoms with Crippen LogP contribution in [0.25, 0.3) is 10.9 Å². The van der Waals surface area contributed by atoms with E-state index >= 15 is 0 Å². The van der Waals surface area contributed by atoms with Crippen molar-refractivity contribution in [3.8, 4) is 0 Å². The Bertz CT molecular complexity index is 1440. The molecule has 184 valence electrons. The molecule has 0 atom stereocenters. The number of aromatic nitrogens is 2. The zero-order chi connectivity index (χ0) is 25.0. The van der Waals surface area contributed by atoms with E-state index in [1.807, 2.05) is 0 Å². The summed E-state index contributed by atoms with van der Waals surface area (Å²) in [5, 5.41) is 2.84. The van der Waals surface area contributed by atoms with Crippen LogP contribution in [0.4, 0.5) is 5.69 Å². The van der Waals surface area contributed by atoms with Gasteiger partial charge in [-0.1, -0.05) is 23.7 Å². The van der Waals surface area contributed by atoms with Crippen molar-refractivity contribution in [3.05, 3.63) is 64.2 Å². The molecule has 1 aromatic heterocycles. The van der Waals surface area contributed by atoms with Crippen molar-refractivity contribution < 1.29 is 27.5 Å². The summed E-state index contributed by atoms with van der Waals surface area (Å²) in [6, 6.07) is 10.7. The summed E-state index contributed by atoms with van der Waals surface area (Å²) in [7, 11) is -3.88. The number of sulfonamides is 1. The highest BCUT2D eigenvalue weighted by atomic mass is 35.5. The van der Waals surface area contributed by atoms with Gasteiger partial charge in [0.2, 0.25) is 10.0 Å². The van der Waals surface area contributed by atoms with E-state index < -0.39 is 40.6 Å². The van der Waals surface area contributed by atoms with Crippen molar-refractivity contribution in [1.82, 2.24) is 13.9 Å². The Hall–Kier alpha value is -3.32. The summed E-state index contributed by atoms with van der Waals surface area (Å²) in [4.78, 5) is 40.9. The number of rotatable bonds is 7. The van der Waals surface area contributed by atoms with E-state index in [2.05, 4.69) is 10.3 Å². The molecule has 1 saturated heterocycles.